The number of rotatable bonds is 4. The molecular formula is C10H14O4S. The van der Waals surface area contributed by atoms with Crippen molar-refractivity contribution in [1.82, 2.24) is 0 Å². The minimum absolute atomic E-state index is 0.142. The molecule has 0 aliphatic carbocycles. The lowest BCUT2D eigenvalue weighted by Crippen LogP contribution is -2.03. The van der Waals surface area contributed by atoms with Gasteiger partial charge in [0.15, 0.2) is 0 Å². The van der Waals surface area contributed by atoms with E-state index in [-0.39, 0.29) is 6.61 Å². The Morgan fingerprint density at radius 2 is 1.80 bits per heavy atom. The van der Waals surface area contributed by atoms with E-state index < -0.39 is 10.4 Å². The average molecular weight is 230 g/mol. The summed E-state index contributed by atoms with van der Waals surface area (Å²) in [7, 11) is -4.35. The van der Waals surface area contributed by atoms with E-state index in [2.05, 4.69) is 18.0 Å². The molecule has 1 aromatic carbocycles. The first-order valence-corrected chi connectivity index (χ1v) is 5.95. The summed E-state index contributed by atoms with van der Waals surface area (Å²) >= 11 is 0. The van der Waals surface area contributed by atoms with Gasteiger partial charge in [0, 0.05) is 0 Å². The molecule has 1 aromatic rings. The van der Waals surface area contributed by atoms with E-state index in [4.69, 9.17) is 4.55 Å². The molecule has 15 heavy (non-hydrogen) atoms. The van der Waals surface area contributed by atoms with Gasteiger partial charge in [-0.15, -0.1) is 0 Å². The zero-order valence-corrected chi connectivity index (χ0v) is 9.49. The zero-order chi connectivity index (χ0) is 11.5. The van der Waals surface area contributed by atoms with E-state index in [0.29, 0.717) is 11.5 Å². The molecule has 1 N–H and O–H groups in total. The van der Waals surface area contributed by atoms with Crippen LogP contribution < -0.4 is 0 Å². The van der Waals surface area contributed by atoms with Crippen molar-refractivity contribution in [1.29, 1.82) is 0 Å². The van der Waals surface area contributed by atoms with Crippen molar-refractivity contribution in [3.63, 3.8) is 0 Å². The highest BCUT2D eigenvalue weighted by atomic mass is 32.3. The Bertz CT molecular complexity index is 406. The monoisotopic (exact) mass is 230 g/mol. The van der Waals surface area contributed by atoms with Crippen LogP contribution in [0.4, 0.5) is 0 Å². The van der Waals surface area contributed by atoms with Crippen molar-refractivity contribution in [3.05, 3.63) is 35.4 Å². The lowest BCUT2D eigenvalue weighted by atomic mass is 10.0. The van der Waals surface area contributed by atoms with E-state index >= 15 is 0 Å². The van der Waals surface area contributed by atoms with Gasteiger partial charge in [-0.05, 0) is 17.0 Å². The third-order valence-corrected chi connectivity index (χ3v) is 2.44. The highest BCUT2D eigenvalue weighted by Gasteiger charge is 2.05. The van der Waals surface area contributed by atoms with Crippen LogP contribution in [-0.2, 0) is 21.2 Å². The van der Waals surface area contributed by atoms with Crippen molar-refractivity contribution in [2.75, 3.05) is 0 Å². The Labute approximate surface area is 89.8 Å². The molecule has 0 saturated heterocycles. The minimum atomic E-state index is -4.35. The van der Waals surface area contributed by atoms with Crippen LogP contribution in [-0.4, -0.2) is 13.0 Å². The summed E-state index contributed by atoms with van der Waals surface area (Å²) in [4.78, 5) is 0. The number of benzene rings is 1. The fourth-order valence-electron chi connectivity index (χ4n) is 1.14. The highest BCUT2D eigenvalue weighted by Crippen LogP contribution is 2.15. The van der Waals surface area contributed by atoms with Gasteiger partial charge < -0.3 is 0 Å². The summed E-state index contributed by atoms with van der Waals surface area (Å²) < 4.78 is 33.2. The molecule has 0 aromatic heterocycles. The van der Waals surface area contributed by atoms with Crippen LogP contribution in [0.15, 0.2) is 24.3 Å². The second-order valence-corrected chi connectivity index (χ2v) is 4.68. The Kier molecular flexibility index (Phi) is 3.84. The van der Waals surface area contributed by atoms with Crippen LogP contribution in [0.5, 0.6) is 0 Å². The van der Waals surface area contributed by atoms with Crippen molar-refractivity contribution < 1.29 is 17.2 Å². The molecule has 5 heteroatoms. The van der Waals surface area contributed by atoms with Gasteiger partial charge in [-0.1, -0.05) is 38.1 Å². The third-order valence-electron chi connectivity index (χ3n) is 2.02. The van der Waals surface area contributed by atoms with Gasteiger partial charge in [0.1, 0.15) is 0 Å². The Balaban J connectivity index is 2.65. The summed E-state index contributed by atoms with van der Waals surface area (Å²) in [6, 6.07) is 7.38. The molecule has 0 radical (unpaired) electrons. The predicted octanol–water partition coefficient (Wildman–Crippen LogP) is 2.13. The molecule has 0 saturated carbocycles. The van der Waals surface area contributed by atoms with Gasteiger partial charge in [0.2, 0.25) is 0 Å². The van der Waals surface area contributed by atoms with Gasteiger partial charge in [0.25, 0.3) is 0 Å². The largest absolute Gasteiger partial charge is 0.397 e. The molecule has 0 bridgehead atoms. The van der Waals surface area contributed by atoms with Gasteiger partial charge in [-0.25, -0.2) is 4.18 Å². The topological polar surface area (TPSA) is 63.6 Å². The van der Waals surface area contributed by atoms with Crippen LogP contribution in [0.2, 0.25) is 0 Å². The van der Waals surface area contributed by atoms with Gasteiger partial charge >= 0.3 is 10.4 Å². The molecule has 4 nitrogen and oxygen atoms in total. The standard InChI is InChI=1S/C10H14O4S/c1-8(2)10-5-3-9(4-6-10)7-14-15(11,12)13/h3-6,8H,7H2,1-2H3,(H,11,12,13). The normalized spacial score (nSPS) is 12.0. The number of hydrogen-bond acceptors (Lipinski definition) is 3. The lowest BCUT2D eigenvalue weighted by molar-refractivity contribution is 0.259. The molecule has 0 fully saturated rings. The van der Waals surface area contributed by atoms with E-state index in [0.717, 1.165) is 0 Å². The summed E-state index contributed by atoms with van der Waals surface area (Å²) in [6.07, 6.45) is 0. The minimum Gasteiger partial charge on any atom is -0.264 e. The highest BCUT2D eigenvalue weighted by molar-refractivity contribution is 7.80. The predicted molar refractivity (Wildman–Crippen MR) is 56.9 cm³/mol. The van der Waals surface area contributed by atoms with Gasteiger partial charge in [0.05, 0.1) is 6.61 Å². The van der Waals surface area contributed by atoms with E-state index in [1.54, 1.807) is 12.1 Å². The Morgan fingerprint density at radius 1 is 1.27 bits per heavy atom. The Hall–Kier alpha value is -0.910. The van der Waals surface area contributed by atoms with Crippen molar-refractivity contribution >= 4 is 10.4 Å². The molecule has 0 atom stereocenters. The molecule has 0 heterocycles. The third kappa shape index (κ3) is 4.42. The SMILES string of the molecule is CC(C)c1ccc(COS(=O)(=O)O)cc1. The van der Waals surface area contributed by atoms with Crippen molar-refractivity contribution in [3.8, 4) is 0 Å². The van der Waals surface area contributed by atoms with Crippen LogP contribution >= 0.6 is 0 Å². The molecular weight excluding hydrogens is 216 g/mol. The van der Waals surface area contributed by atoms with Crippen molar-refractivity contribution in [2.24, 2.45) is 0 Å². The molecule has 0 unspecified atom stereocenters. The van der Waals surface area contributed by atoms with E-state index in [1.165, 1.54) is 5.56 Å². The summed E-state index contributed by atoms with van der Waals surface area (Å²) in [5.41, 5.74) is 1.88. The smallest absolute Gasteiger partial charge is 0.264 e. The fraction of sp³-hybridized carbons (Fsp3) is 0.400. The van der Waals surface area contributed by atoms with Gasteiger partial charge in [-0.3, -0.25) is 4.55 Å². The van der Waals surface area contributed by atoms with Gasteiger partial charge in [-0.2, -0.15) is 8.42 Å². The van der Waals surface area contributed by atoms with Crippen LogP contribution in [0.1, 0.15) is 30.9 Å². The zero-order valence-electron chi connectivity index (χ0n) is 8.67. The quantitative estimate of drug-likeness (QED) is 0.805. The van der Waals surface area contributed by atoms with E-state index in [9.17, 15) is 8.42 Å². The summed E-state index contributed by atoms with van der Waals surface area (Å²) in [5, 5.41) is 0. The first kappa shape index (κ1) is 12.2. The summed E-state index contributed by atoms with van der Waals surface area (Å²) in [5.74, 6) is 0.432. The molecule has 0 aliphatic rings. The molecule has 0 aliphatic heterocycles. The first-order valence-electron chi connectivity index (χ1n) is 4.59. The van der Waals surface area contributed by atoms with Crippen LogP contribution in [0, 0.1) is 0 Å². The average Bonchev–Trinajstić information content (AvgIpc) is 2.14. The first-order chi connectivity index (χ1) is 6.88. The fourth-order valence-corrected chi connectivity index (χ4v) is 1.43. The van der Waals surface area contributed by atoms with E-state index in [1.807, 2.05) is 12.1 Å². The van der Waals surface area contributed by atoms with Crippen LogP contribution in [0.3, 0.4) is 0 Å². The maximum Gasteiger partial charge on any atom is 0.397 e. The maximum atomic E-state index is 10.3. The number of hydrogen-bond donors (Lipinski definition) is 1. The summed E-state index contributed by atoms with van der Waals surface area (Å²) in [6.45, 7) is 4.00. The van der Waals surface area contributed by atoms with Crippen LogP contribution in [0.25, 0.3) is 0 Å². The Morgan fingerprint density at radius 3 is 2.20 bits per heavy atom. The van der Waals surface area contributed by atoms with Crippen molar-refractivity contribution in [2.45, 2.75) is 26.4 Å². The molecule has 84 valence electrons. The molecule has 0 amide bonds. The maximum absolute atomic E-state index is 10.3. The second kappa shape index (κ2) is 4.74. The molecule has 1 rings (SSSR count). The second-order valence-electron chi connectivity index (χ2n) is 3.59. The molecule has 0 spiro atoms. The lowest BCUT2D eigenvalue weighted by Gasteiger charge is -2.06.